The van der Waals surface area contributed by atoms with Gasteiger partial charge in [0.25, 0.3) is 0 Å². The third kappa shape index (κ3) is 2.90. The fourth-order valence-corrected chi connectivity index (χ4v) is 3.16. The Labute approximate surface area is 151 Å². The molecule has 0 saturated carbocycles. The number of carbonyl (C=O) groups is 1. The summed E-state index contributed by atoms with van der Waals surface area (Å²) in [5.74, 6) is 1.50. The number of aromatic hydroxyl groups is 1. The molecule has 0 amide bonds. The van der Waals surface area contributed by atoms with Crippen molar-refractivity contribution in [1.82, 2.24) is 0 Å². The predicted octanol–water partition coefficient (Wildman–Crippen LogP) is 4.66. The first-order valence-electron chi connectivity index (χ1n) is 8.45. The third-order valence-corrected chi connectivity index (χ3v) is 4.57. The fraction of sp³-hybridized carbons (Fsp3) is 0.136. The number of benzene rings is 2. The number of methoxy groups -OCH3 is 1. The molecule has 1 heterocycles. The lowest BCUT2D eigenvalue weighted by atomic mass is 9.97. The molecule has 0 fully saturated rings. The zero-order valence-corrected chi connectivity index (χ0v) is 14.3. The van der Waals surface area contributed by atoms with Crippen LogP contribution in [0.15, 0.2) is 72.5 Å². The highest BCUT2D eigenvalue weighted by Crippen LogP contribution is 2.41. The van der Waals surface area contributed by atoms with Crippen LogP contribution in [0.25, 0.3) is 11.1 Å². The van der Waals surface area contributed by atoms with Gasteiger partial charge in [-0.3, -0.25) is 4.79 Å². The number of allylic oxidation sites excluding steroid dienone is 6. The van der Waals surface area contributed by atoms with Gasteiger partial charge in [-0.1, -0.05) is 36.4 Å². The highest BCUT2D eigenvalue weighted by molar-refractivity contribution is 6.13. The Balaban J connectivity index is 1.67. The van der Waals surface area contributed by atoms with Crippen LogP contribution in [0.2, 0.25) is 0 Å². The zero-order valence-electron chi connectivity index (χ0n) is 14.3. The molecule has 4 nitrogen and oxygen atoms in total. The Morgan fingerprint density at radius 3 is 2.65 bits per heavy atom. The Hall–Kier alpha value is -3.27. The summed E-state index contributed by atoms with van der Waals surface area (Å²) in [5.41, 5.74) is 1.86. The van der Waals surface area contributed by atoms with E-state index in [1.54, 1.807) is 13.2 Å². The molecule has 4 rings (SSSR count). The lowest BCUT2D eigenvalue weighted by Crippen LogP contribution is -2.03. The van der Waals surface area contributed by atoms with E-state index in [9.17, 15) is 9.90 Å². The van der Waals surface area contributed by atoms with Gasteiger partial charge in [0.15, 0.2) is 5.76 Å². The molecule has 0 saturated heterocycles. The molecule has 1 N–H and O–H groups in total. The zero-order chi connectivity index (χ0) is 18.1. The molecule has 2 aromatic carbocycles. The van der Waals surface area contributed by atoms with Gasteiger partial charge in [0, 0.05) is 17.5 Å². The van der Waals surface area contributed by atoms with Gasteiger partial charge in [-0.2, -0.15) is 0 Å². The van der Waals surface area contributed by atoms with Crippen molar-refractivity contribution in [1.29, 1.82) is 0 Å². The van der Waals surface area contributed by atoms with Gasteiger partial charge in [0.05, 0.1) is 12.7 Å². The Morgan fingerprint density at radius 1 is 1.15 bits per heavy atom. The van der Waals surface area contributed by atoms with E-state index in [1.807, 2.05) is 48.6 Å². The standard InChI is InChI=1S/C22H18O4/c1-25-16-9-7-15(8-10-16)17-12-18-20(13-19(17)23)26-21(22(18)24)11-14-5-3-2-4-6-14/h2-5,7-14,23H,6H2,1H3. The van der Waals surface area contributed by atoms with Crippen LogP contribution in [0.4, 0.5) is 0 Å². The lowest BCUT2D eigenvalue weighted by Gasteiger charge is -2.08. The number of ether oxygens (including phenoxy) is 2. The van der Waals surface area contributed by atoms with E-state index >= 15 is 0 Å². The second kappa shape index (κ2) is 6.56. The molecule has 1 aliphatic carbocycles. The van der Waals surface area contributed by atoms with E-state index in [4.69, 9.17) is 9.47 Å². The number of fused-ring (bicyclic) bond motifs is 1. The van der Waals surface area contributed by atoms with Crippen LogP contribution in [0.3, 0.4) is 0 Å². The van der Waals surface area contributed by atoms with Crippen LogP contribution in [0.5, 0.6) is 17.2 Å². The fourth-order valence-electron chi connectivity index (χ4n) is 3.16. The van der Waals surface area contributed by atoms with Crippen molar-refractivity contribution < 1.29 is 19.4 Å². The average Bonchev–Trinajstić information content (AvgIpc) is 2.96. The van der Waals surface area contributed by atoms with Crippen LogP contribution in [-0.4, -0.2) is 18.0 Å². The summed E-state index contributed by atoms with van der Waals surface area (Å²) < 4.78 is 10.9. The number of hydrogen-bond donors (Lipinski definition) is 1. The summed E-state index contributed by atoms with van der Waals surface area (Å²) in [6, 6.07) is 10.5. The summed E-state index contributed by atoms with van der Waals surface area (Å²) in [4.78, 5) is 12.7. The number of hydrogen-bond acceptors (Lipinski definition) is 4. The molecule has 1 atom stereocenters. The van der Waals surface area contributed by atoms with Crippen molar-refractivity contribution in [2.75, 3.05) is 7.11 Å². The van der Waals surface area contributed by atoms with E-state index in [-0.39, 0.29) is 17.5 Å². The molecular weight excluding hydrogens is 328 g/mol. The molecule has 1 aliphatic heterocycles. The first-order chi connectivity index (χ1) is 12.7. The second-order valence-corrected chi connectivity index (χ2v) is 6.27. The van der Waals surface area contributed by atoms with E-state index in [1.165, 1.54) is 6.07 Å². The summed E-state index contributed by atoms with van der Waals surface area (Å²) in [5, 5.41) is 10.4. The molecule has 1 unspecified atom stereocenters. The average molecular weight is 346 g/mol. The monoisotopic (exact) mass is 346 g/mol. The molecule has 4 heteroatoms. The number of rotatable bonds is 3. The number of phenols is 1. The Morgan fingerprint density at radius 2 is 1.96 bits per heavy atom. The second-order valence-electron chi connectivity index (χ2n) is 6.27. The highest BCUT2D eigenvalue weighted by atomic mass is 16.5. The molecular formula is C22H18O4. The van der Waals surface area contributed by atoms with Crippen molar-refractivity contribution in [2.45, 2.75) is 6.42 Å². The summed E-state index contributed by atoms with van der Waals surface area (Å²) in [7, 11) is 1.60. The number of ketones is 1. The molecule has 0 spiro atoms. The van der Waals surface area contributed by atoms with Gasteiger partial charge in [-0.25, -0.2) is 0 Å². The topological polar surface area (TPSA) is 55.8 Å². The number of phenolic OH excluding ortho intramolecular Hbond substituents is 1. The van der Waals surface area contributed by atoms with Crippen LogP contribution in [0.1, 0.15) is 16.8 Å². The molecule has 2 aliphatic rings. The van der Waals surface area contributed by atoms with Gasteiger partial charge in [-0.15, -0.1) is 0 Å². The summed E-state index contributed by atoms with van der Waals surface area (Å²) in [6.07, 6.45) is 10.7. The lowest BCUT2D eigenvalue weighted by molar-refractivity contribution is 0.101. The highest BCUT2D eigenvalue weighted by Gasteiger charge is 2.29. The van der Waals surface area contributed by atoms with Crippen molar-refractivity contribution in [2.24, 2.45) is 5.92 Å². The minimum absolute atomic E-state index is 0.0727. The molecule has 2 aromatic rings. The first kappa shape index (κ1) is 16.2. The van der Waals surface area contributed by atoms with Crippen molar-refractivity contribution >= 4 is 5.78 Å². The Bertz CT molecular complexity index is 949. The van der Waals surface area contributed by atoms with E-state index in [0.29, 0.717) is 22.6 Å². The maximum Gasteiger partial charge on any atom is 0.231 e. The van der Waals surface area contributed by atoms with Gasteiger partial charge in [0.2, 0.25) is 5.78 Å². The SMILES string of the molecule is COc1ccc(-c2cc3c(cc2O)OC(=CC2C=CC=CC2)C3=O)cc1. The molecule has 130 valence electrons. The van der Waals surface area contributed by atoms with Crippen molar-refractivity contribution in [3.05, 3.63) is 78.1 Å². The first-order valence-corrected chi connectivity index (χ1v) is 8.45. The van der Waals surface area contributed by atoms with Crippen molar-refractivity contribution in [3.63, 3.8) is 0 Å². The van der Waals surface area contributed by atoms with Crippen molar-refractivity contribution in [3.8, 4) is 28.4 Å². The molecule has 0 radical (unpaired) electrons. The van der Waals surface area contributed by atoms with Gasteiger partial charge < -0.3 is 14.6 Å². The van der Waals surface area contributed by atoms with E-state index < -0.39 is 0 Å². The minimum Gasteiger partial charge on any atom is -0.507 e. The summed E-state index contributed by atoms with van der Waals surface area (Å²) >= 11 is 0. The van der Waals surface area contributed by atoms with Crippen LogP contribution >= 0.6 is 0 Å². The van der Waals surface area contributed by atoms with Gasteiger partial charge >= 0.3 is 0 Å². The number of Topliss-reactive ketones (excluding diaryl/α,β-unsaturated/α-hetero) is 1. The maximum atomic E-state index is 12.7. The smallest absolute Gasteiger partial charge is 0.231 e. The van der Waals surface area contributed by atoms with E-state index in [0.717, 1.165) is 17.7 Å². The van der Waals surface area contributed by atoms with Crippen LogP contribution in [0, 0.1) is 5.92 Å². The van der Waals surface area contributed by atoms with Gasteiger partial charge in [0.1, 0.15) is 17.2 Å². The maximum absolute atomic E-state index is 12.7. The normalized spacial score (nSPS) is 19.5. The Kier molecular flexibility index (Phi) is 4.09. The van der Waals surface area contributed by atoms with E-state index in [2.05, 4.69) is 6.08 Å². The molecule has 0 bridgehead atoms. The molecule has 0 aromatic heterocycles. The predicted molar refractivity (Wildman–Crippen MR) is 99.5 cm³/mol. The quantitative estimate of drug-likeness (QED) is 0.821. The van der Waals surface area contributed by atoms with Gasteiger partial charge in [-0.05, 0) is 36.3 Å². The largest absolute Gasteiger partial charge is 0.507 e. The molecule has 26 heavy (non-hydrogen) atoms. The summed E-state index contributed by atoms with van der Waals surface area (Å²) in [6.45, 7) is 0. The van der Waals surface area contributed by atoms with Crippen LogP contribution < -0.4 is 9.47 Å². The number of carbonyl (C=O) groups excluding carboxylic acids is 1. The van der Waals surface area contributed by atoms with Crippen LogP contribution in [-0.2, 0) is 0 Å². The minimum atomic E-state index is -0.155. The third-order valence-electron chi connectivity index (χ3n) is 4.57.